The van der Waals surface area contributed by atoms with Crippen molar-refractivity contribution in [3.63, 3.8) is 0 Å². The number of fused-ring (bicyclic) bond motifs is 1. The molecule has 1 aliphatic carbocycles. The average molecular weight is 267 g/mol. The van der Waals surface area contributed by atoms with Gasteiger partial charge in [-0.1, -0.05) is 42.5 Å². The molecule has 0 saturated heterocycles. The molecule has 0 spiro atoms. The minimum atomic E-state index is 0.510. The Labute approximate surface area is 120 Å². The number of nitrogens with one attached hydrogen (secondary N) is 1. The number of rotatable bonds is 5. The summed E-state index contributed by atoms with van der Waals surface area (Å²) in [6.07, 6.45) is 3.20. The summed E-state index contributed by atoms with van der Waals surface area (Å²) in [6, 6.07) is 17.8. The van der Waals surface area contributed by atoms with Gasteiger partial charge in [0.25, 0.3) is 0 Å². The first-order chi connectivity index (χ1) is 9.86. The Balaban J connectivity index is 1.70. The van der Waals surface area contributed by atoms with Crippen molar-refractivity contribution in [3.8, 4) is 0 Å². The Morgan fingerprint density at radius 3 is 2.35 bits per heavy atom. The molecule has 2 aromatic rings. The zero-order chi connectivity index (χ0) is 13.8. The lowest BCUT2D eigenvalue weighted by atomic mass is 10.1. The molecule has 0 saturated carbocycles. The van der Waals surface area contributed by atoms with Crippen LogP contribution in [0, 0.1) is 0 Å². The molecule has 2 heteroatoms. The Bertz CT molecular complexity index is 554. The lowest BCUT2D eigenvalue weighted by molar-refractivity contribution is 0.202. The number of hydrogen-bond acceptors (Lipinski definition) is 2. The highest BCUT2D eigenvalue weighted by atomic mass is 16.5. The SMILES string of the molecule is COCCc1ccccc1NC1Cc2ccccc2C1. The summed E-state index contributed by atoms with van der Waals surface area (Å²) in [5.41, 5.74) is 5.56. The number of anilines is 1. The molecule has 0 aromatic heterocycles. The second kappa shape index (κ2) is 6.10. The van der Waals surface area contributed by atoms with Crippen LogP contribution >= 0.6 is 0 Å². The van der Waals surface area contributed by atoms with Crippen LogP contribution in [-0.2, 0) is 24.0 Å². The van der Waals surface area contributed by atoms with Crippen molar-refractivity contribution in [1.82, 2.24) is 0 Å². The number of ether oxygens (including phenoxy) is 1. The van der Waals surface area contributed by atoms with E-state index in [1.165, 1.54) is 22.4 Å². The molecule has 1 aliphatic rings. The van der Waals surface area contributed by atoms with Gasteiger partial charge in [0.1, 0.15) is 0 Å². The highest BCUT2D eigenvalue weighted by molar-refractivity contribution is 5.53. The smallest absolute Gasteiger partial charge is 0.0503 e. The monoisotopic (exact) mass is 267 g/mol. The molecule has 3 rings (SSSR count). The van der Waals surface area contributed by atoms with Gasteiger partial charge in [-0.25, -0.2) is 0 Å². The third-order valence-electron chi connectivity index (χ3n) is 4.00. The Hall–Kier alpha value is -1.80. The van der Waals surface area contributed by atoms with Gasteiger partial charge in [-0.2, -0.15) is 0 Å². The second-order valence-corrected chi connectivity index (χ2v) is 5.42. The largest absolute Gasteiger partial charge is 0.384 e. The summed E-state index contributed by atoms with van der Waals surface area (Å²) >= 11 is 0. The van der Waals surface area contributed by atoms with Crippen molar-refractivity contribution >= 4 is 5.69 Å². The predicted molar refractivity (Wildman–Crippen MR) is 83.3 cm³/mol. The van der Waals surface area contributed by atoms with Crippen molar-refractivity contribution in [1.29, 1.82) is 0 Å². The van der Waals surface area contributed by atoms with Gasteiger partial charge in [0.2, 0.25) is 0 Å². The van der Waals surface area contributed by atoms with Gasteiger partial charge in [-0.3, -0.25) is 0 Å². The second-order valence-electron chi connectivity index (χ2n) is 5.42. The Kier molecular flexibility index (Phi) is 4.03. The first-order valence-corrected chi connectivity index (χ1v) is 7.27. The highest BCUT2D eigenvalue weighted by Crippen LogP contribution is 2.26. The number of benzene rings is 2. The van der Waals surface area contributed by atoms with E-state index >= 15 is 0 Å². The van der Waals surface area contributed by atoms with Crippen LogP contribution in [0.15, 0.2) is 48.5 Å². The van der Waals surface area contributed by atoms with Crippen LogP contribution in [0.5, 0.6) is 0 Å². The summed E-state index contributed by atoms with van der Waals surface area (Å²) in [7, 11) is 1.75. The quantitative estimate of drug-likeness (QED) is 0.896. The van der Waals surface area contributed by atoms with E-state index in [9.17, 15) is 0 Å². The highest BCUT2D eigenvalue weighted by Gasteiger charge is 2.21. The molecule has 0 aliphatic heterocycles. The van der Waals surface area contributed by atoms with E-state index in [1.54, 1.807) is 7.11 Å². The van der Waals surface area contributed by atoms with Crippen LogP contribution in [0.25, 0.3) is 0 Å². The molecule has 0 heterocycles. The molecular weight excluding hydrogens is 246 g/mol. The van der Waals surface area contributed by atoms with E-state index in [2.05, 4.69) is 53.8 Å². The van der Waals surface area contributed by atoms with E-state index in [4.69, 9.17) is 4.74 Å². The Morgan fingerprint density at radius 2 is 1.65 bits per heavy atom. The van der Waals surface area contributed by atoms with E-state index in [-0.39, 0.29) is 0 Å². The van der Waals surface area contributed by atoms with Gasteiger partial charge in [0.05, 0.1) is 6.61 Å². The van der Waals surface area contributed by atoms with Gasteiger partial charge in [0.15, 0.2) is 0 Å². The van der Waals surface area contributed by atoms with Crippen molar-refractivity contribution in [2.45, 2.75) is 25.3 Å². The number of hydrogen-bond donors (Lipinski definition) is 1. The maximum Gasteiger partial charge on any atom is 0.0503 e. The molecule has 104 valence electrons. The number of para-hydroxylation sites is 1. The molecule has 0 fully saturated rings. The van der Waals surface area contributed by atoms with Crippen LogP contribution in [0.3, 0.4) is 0 Å². The zero-order valence-electron chi connectivity index (χ0n) is 11.9. The predicted octanol–water partition coefficient (Wildman–Crippen LogP) is 3.45. The van der Waals surface area contributed by atoms with E-state index in [0.717, 1.165) is 25.9 Å². The topological polar surface area (TPSA) is 21.3 Å². The van der Waals surface area contributed by atoms with Crippen molar-refractivity contribution in [2.75, 3.05) is 19.0 Å². The molecule has 0 amide bonds. The summed E-state index contributed by atoms with van der Waals surface area (Å²) < 4.78 is 5.19. The molecule has 0 radical (unpaired) electrons. The fourth-order valence-electron chi connectivity index (χ4n) is 2.97. The van der Waals surface area contributed by atoms with Crippen molar-refractivity contribution in [2.24, 2.45) is 0 Å². The van der Waals surface area contributed by atoms with Gasteiger partial charge >= 0.3 is 0 Å². The van der Waals surface area contributed by atoms with E-state index < -0.39 is 0 Å². The van der Waals surface area contributed by atoms with Crippen LogP contribution in [0.2, 0.25) is 0 Å². The summed E-state index contributed by atoms with van der Waals surface area (Å²) in [5, 5.41) is 3.71. The molecule has 1 N–H and O–H groups in total. The average Bonchev–Trinajstić information content (AvgIpc) is 2.88. The minimum Gasteiger partial charge on any atom is -0.384 e. The van der Waals surface area contributed by atoms with Crippen LogP contribution in [-0.4, -0.2) is 19.8 Å². The van der Waals surface area contributed by atoms with E-state index in [1.807, 2.05) is 0 Å². The Morgan fingerprint density at radius 1 is 1.00 bits per heavy atom. The number of methoxy groups -OCH3 is 1. The molecule has 0 atom stereocenters. The van der Waals surface area contributed by atoms with Gasteiger partial charge < -0.3 is 10.1 Å². The normalized spacial score (nSPS) is 14.2. The fraction of sp³-hybridized carbons (Fsp3) is 0.333. The zero-order valence-corrected chi connectivity index (χ0v) is 11.9. The van der Waals surface area contributed by atoms with Crippen molar-refractivity contribution in [3.05, 3.63) is 65.2 Å². The lowest BCUT2D eigenvalue weighted by Crippen LogP contribution is -2.20. The third kappa shape index (κ3) is 2.86. The first-order valence-electron chi connectivity index (χ1n) is 7.27. The lowest BCUT2D eigenvalue weighted by Gasteiger charge is -2.17. The summed E-state index contributed by atoms with van der Waals surface area (Å²) in [4.78, 5) is 0. The molecular formula is C18H21NO. The molecule has 0 bridgehead atoms. The van der Waals surface area contributed by atoms with Crippen molar-refractivity contribution < 1.29 is 4.74 Å². The standard InChI is InChI=1S/C18H21NO/c1-20-11-10-14-6-4-5-9-18(14)19-17-12-15-7-2-3-8-16(15)13-17/h2-9,17,19H,10-13H2,1H3. The van der Waals surface area contributed by atoms with Gasteiger partial charge in [0, 0.05) is 18.8 Å². The van der Waals surface area contributed by atoms with E-state index in [0.29, 0.717) is 6.04 Å². The van der Waals surface area contributed by atoms with Gasteiger partial charge in [-0.05, 0) is 42.0 Å². The fourth-order valence-corrected chi connectivity index (χ4v) is 2.97. The maximum absolute atomic E-state index is 5.19. The molecule has 20 heavy (non-hydrogen) atoms. The molecule has 2 nitrogen and oxygen atoms in total. The summed E-state index contributed by atoms with van der Waals surface area (Å²) in [6.45, 7) is 0.767. The summed E-state index contributed by atoms with van der Waals surface area (Å²) in [5.74, 6) is 0. The van der Waals surface area contributed by atoms with Gasteiger partial charge in [-0.15, -0.1) is 0 Å². The van der Waals surface area contributed by atoms with Crippen LogP contribution in [0.1, 0.15) is 16.7 Å². The third-order valence-corrected chi connectivity index (χ3v) is 4.00. The molecule has 0 unspecified atom stereocenters. The maximum atomic E-state index is 5.19. The first kappa shape index (κ1) is 13.2. The van der Waals surface area contributed by atoms with Crippen LogP contribution in [0.4, 0.5) is 5.69 Å². The molecule has 2 aromatic carbocycles. The van der Waals surface area contributed by atoms with Crippen LogP contribution < -0.4 is 5.32 Å². The minimum absolute atomic E-state index is 0.510.